The van der Waals surface area contributed by atoms with Crippen LogP contribution in [0.1, 0.15) is 24.5 Å². The lowest BCUT2D eigenvalue weighted by atomic mass is 10.0. The monoisotopic (exact) mass is 262 g/mol. The van der Waals surface area contributed by atoms with Gasteiger partial charge in [-0.05, 0) is 42.7 Å². The van der Waals surface area contributed by atoms with Crippen molar-refractivity contribution in [1.29, 1.82) is 0 Å². The highest BCUT2D eigenvalue weighted by Gasteiger charge is 2.03. The van der Waals surface area contributed by atoms with Gasteiger partial charge in [0.15, 0.2) is 0 Å². The molecule has 0 saturated carbocycles. The molecule has 4 nitrogen and oxygen atoms in total. The zero-order chi connectivity index (χ0) is 14.1. The Morgan fingerprint density at radius 3 is 2.79 bits per heavy atom. The number of hydrogen-bond acceptors (Lipinski definition) is 4. The summed E-state index contributed by atoms with van der Waals surface area (Å²) in [5.41, 5.74) is 1.85. The maximum Gasteiger partial charge on any atom is 0.330 e. The highest BCUT2D eigenvalue weighted by Crippen LogP contribution is 2.20. The first kappa shape index (κ1) is 15.0. The van der Waals surface area contributed by atoms with Crippen LogP contribution in [-0.2, 0) is 20.7 Å². The molecule has 0 aliphatic heterocycles. The third kappa shape index (κ3) is 4.95. The highest BCUT2D eigenvalue weighted by molar-refractivity contribution is 5.87. The number of rotatable bonds is 7. The Bertz CT molecular complexity index is 463. The van der Waals surface area contributed by atoms with E-state index in [1.165, 1.54) is 6.08 Å². The van der Waals surface area contributed by atoms with E-state index >= 15 is 0 Å². The molecule has 102 valence electrons. The molecule has 1 rings (SSSR count). The van der Waals surface area contributed by atoms with Crippen molar-refractivity contribution in [2.75, 3.05) is 13.7 Å². The Morgan fingerprint density at radius 2 is 2.16 bits per heavy atom. The van der Waals surface area contributed by atoms with E-state index in [2.05, 4.69) is 0 Å². The average Bonchev–Trinajstić information content (AvgIpc) is 2.43. The van der Waals surface area contributed by atoms with Crippen LogP contribution in [0.2, 0.25) is 0 Å². The number of ether oxygens (including phenoxy) is 2. The number of aryl methyl sites for hydroxylation is 1. The topological polar surface area (TPSA) is 52.6 Å². The van der Waals surface area contributed by atoms with E-state index in [9.17, 15) is 9.59 Å². The van der Waals surface area contributed by atoms with Gasteiger partial charge in [-0.2, -0.15) is 0 Å². The smallest absolute Gasteiger partial charge is 0.330 e. The standard InChI is InChI=1S/C15H18O4/c1-3-19-15(17)9-7-12-6-8-14(18-2)11-13(12)5-4-10-16/h6-11H,3-5H2,1-2H3/b9-7+. The molecule has 0 amide bonds. The van der Waals surface area contributed by atoms with Crippen LogP contribution < -0.4 is 4.74 Å². The minimum atomic E-state index is -0.375. The summed E-state index contributed by atoms with van der Waals surface area (Å²) < 4.78 is 9.97. The summed E-state index contributed by atoms with van der Waals surface area (Å²) in [6, 6.07) is 5.54. The molecule has 0 spiro atoms. The molecular weight excluding hydrogens is 244 g/mol. The Morgan fingerprint density at radius 1 is 1.37 bits per heavy atom. The van der Waals surface area contributed by atoms with Crippen molar-refractivity contribution in [2.45, 2.75) is 19.8 Å². The summed E-state index contributed by atoms with van der Waals surface area (Å²) in [5, 5.41) is 0. The first-order valence-corrected chi connectivity index (χ1v) is 6.16. The van der Waals surface area contributed by atoms with Gasteiger partial charge in [-0.3, -0.25) is 0 Å². The summed E-state index contributed by atoms with van der Waals surface area (Å²) in [4.78, 5) is 21.7. The van der Waals surface area contributed by atoms with Crippen LogP contribution in [0.15, 0.2) is 24.3 Å². The Kier molecular flexibility index (Phi) is 6.36. The van der Waals surface area contributed by atoms with E-state index in [-0.39, 0.29) is 5.97 Å². The van der Waals surface area contributed by atoms with Crippen LogP contribution in [0, 0.1) is 0 Å². The van der Waals surface area contributed by atoms with Crippen molar-refractivity contribution in [1.82, 2.24) is 0 Å². The van der Waals surface area contributed by atoms with Gasteiger partial charge in [0.1, 0.15) is 12.0 Å². The average molecular weight is 262 g/mol. The normalized spacial score (nSPS) is 10.4. The molecule has 4 heteroatoms. The zero-order valence-electron chi connectivity index (χ0n) is 11.2. The molecule has 0 aliphatic carbocycles. The van der Waals surface area contributed by atoms with Crippen molar-refractivity contribution in [3.05, 3.63) is 35.4 Å². The Labute approximate surface area is 113 Å². The van der Waals surface area contributed by atoms with Gasteiger partial charge in [-0.1, -0.05) is 6.07 Å². The molecule has 0 aromatic heterocycles. The van der Waals surface area contributed by atoms with E-state index in [1.807, 2.05) is 18.2 Å². The van der Waals surface area contributed by atoms with Gasteiger partial charge in [0.25, 0.3) is 0 Å². The fraction of sp³-hybridized carbons (Fsp3) is 0.333. The second kappa shape index (κ2) is 8.08. The third-order valence-corrected chi connectivity index (χ3v) is 2.57. The van der Waals surface area contributed by atoms with Crippen LogP contribution in [0.4, 0.5) is 0 Å². The number of hydrogen-bond donors (Lipinski definition) is 0. The fourth-order valence-electron chi connectivity index (χ4n) is 1.65. The summed E-state index contributed by atoms with van der Waals surface area (Å²) in [6.07, 6.45) is 5.00. The summed E-state index contributed by atoms with van der Waals surface area (Å²) in [5.74, 6) is 0.355. The van der Waals surface area contributed by atoms with E-state index in [0.717, 1.165) is 23.2 Å². The van der Waals surface area contributed by atoms with Crippen molar-refractivity contribution in [3.8, 4) is 5.75 Å². The van der Waals surface area contributed by atoms with Crippen LogP contribution in [0.3, 0.4) is 0 Å². The molecule has 0 fully saturated rings. The van der Waals surface area contributed by atoms with Gasteiger partial charge in [0.05, 0.1) is 13.7 Å². The highest BCUT2D eigenvalue weighted by atomic mass is 16.5. The van der Waals surface area contributed by atoms with E-state index < -0.39 is 0 Å². The van der Waals surface area contributed by atoms with Gasteiger partial charge >= 0.3 is 5.97 Å². The van der Waals surface area contributed by atoms with Crippen LogP contribution in [-0.4, -0.2) is 26.0 Å². The van der Waals surface area contributed by atoms with E-state index in [4.69, 9.17) is 9.47 Å². The van der Waals surface area contributed by atoms with Crippen molar-refractivity contribution >= 4 is 18.3 Å². The molecule has 0 atom stereocenters. The Hall–Kier alpha value is -2.10. The van der Waals surface area contributed by atoms with Gasteiger partial charge in [0.2, 0.25) is 0 Å². The SMILES string of the molecule is CCOC(=O)/C=C/c1ccc(OC)cc1CCC=O. The van der Waals surface area contributed by atoms with Crippen LogP contribution in [0.5, 0.6) is 5.75 Å². The van der Waals surface area contributed by atoms with Crippen molar-refractivity contribution in [3.63, 3.8) is 0 Å². The van der Waals surface area contributed by atoms with E-state index in [1.54, 1.807) is 20.1 Å². The molecule has 0 radical (unpaired) electrons. The summed E-state index contributed by atoms with van der Waals surface area (Å²) in [7, 11) is 1.59. The molecule has 0 bridgehead atoms. The third-order valence-electron chi connectivity index (χ3n) is 2.57. The lowest BCUT2D eigenvalue weighted by molar-refractivity contribution is -0.137. The summed E-state index contributed by atoms with van der Waals surface area (Å²) >= 11 is 0. The Balaban J connectivity index is 2.91. The number of carbonyl (C=O) groups is 2. The number of aldehydes is 1. The molecular formula is C15H18O4. The minimum absolute atomic E-state index is 0.351. The number of carbonyl (C=O) groups excluding carboxylic acids is 2. The fourth-order valence-corrected chi connectivity index (χ4v) is 1.65. The molecule has 0 unspecified atom stereocenters. The van der Waals surface area contributed by atoms with Crippen LogP contribution >= 0.6 is 0 Å². The number of esters is 1. The summed E-state index contributed by atoms with van der Waals surface area (Å²) in [6.45, 7) is 2.11. The maximum atomic E-state index is 11.3. The molecule has 0 aliphatic rings. The molecule has 19 heavy (non-hydrogen) atoms. The zero-order valence-corrected chi connectivity index (χ0v) is 11.2. The predicted molar refractivity (Wildman–Crippen MR) is 73.0 cm³/mol. The van der Waals surface area contributed by atoms with Crippen molar-refractivity contribution < 1.29 is 19.1 Å². The largest absolute Gasteiger partial charge is 0.497 e. The second-order valence-corrected chi connectivity index (χ2v) is 3.86. The predicted octanol–water partition coefficient (Wildman–Crippen LogP) is 2.40. The lowest BCUT2D eigenvalue weighted by Gasteiger charge is -2.07. The van der Waals surface area contributed by atoms with Gasteiger partial charge in [0, 0.05) is 12.5 Å². The lowest BCUT2D eigenvalue weighted by Crippen LogP contribution is -1.99. The molecule has 1 aromatic carbocycles. The van der Waals surface area contributed by atoms with E-state index in [0.29, 0.717) is 19.4 Å². The molecule has 1 aromatic rings. The molecule has 0 N–H and O–H groups in total. The van der Waals surface area contributed by atoms with Crippen molar-refractivity contribution in [2.24, 2.45) is 0 Å². The first-order chi connectivity index (χ1) is 9.21. The number of benzene rings is 1. The van der Waals surface area contributed by atoms with Gasteiger partial charge in [-0.15, -0.1) is 0 Å². The minimum Gasteiger partial charge on any atom is -0.497 e. The van der Waals surface area contributed by atoms with Gasteiger partial charge in [-0.25, -0.2) is 4.79 Å². The van der Waals surface area contributed by atoms with Crippen LogP contribution in [0.25, 0.3) is 6.08 Å². The molecule has 0 heterocycles. The first-order valence-electron chi connectivity index (χ1n) is 6.16. The molecule has 0 saturated heterocycles. The number of methoxy groups -OCH3 is 1. The second-order valence-electron chi connectivity index (χ2n) is 3.86. The quantitative estimate of drug-likeness (QED) is 0.430. The van der Waals surface area contributed by atoms with Gasteiger partial charge < -0.3 is 14.3 Å². The maximum absolute atomic E-state index is 11.3.